The highest BCUT2D eigenvalue weighted by Crippen LogP contribution is 2.32. The number of likely N-dealkylation sites (tertiary alicyclic amines) is 1. The number of halogens is 1. The monoisotopic (exact) mass is 459 g/mol. The highest BCUT2D eigenvalue weighted by atomic mass is 35.5. The Bertz CT molecular complexity index is 900. The van der Waals surface area contributed by atoms with Gasteiger partial charge in [-0.1, -0.05) is 23.7 Å². The molecule has 0 aromatic heterocycles. The molecule has 8 heteroatoms. The SMILES string of the molecule is CNN(C(=O)O)C(CC=O)C1CCN(C(C)c2cccc(Oc3ccc(Cl)cc3)c2)CC1. The van der Waals surface area contributed by atoms with Gasteiger partial charge in [-0.25, -0.2) is 15.2 Å². The van der Waals surface area contributed by atoms with Crippen LogP contribution in [0.5, 0.6) is 11.5 Å². The van der Waals surface area contributed by atoms with Crippen molar-refractivity contribution in [1.82, 2.24) is 15.3 Å². The van der Waals surface area contributed by atoms with Gasteiger partial charge in [-0.05, 0) is 80.7 Å². The van der Waals surface area contributed by atoms with Crippen molar-refractivity contribution >= 4 is 24.0 Å². The van der Waals surface area contributed by atoms with Gasteiger partial charge in [0.2, 0.25) is 0 Å². The predicted octanol–water partition coefficient (Wildman–Crippen LogP) is 4.98. The summed E-state index contributed by atoms with van der Waals surface area (Å²) >= 11 is 5.94. The van der Waals surface area contributed by atoms with Crippen molar-refractivity contribution in [2.24, 2.45) is 5.92 Å². The van der Waals surface area contributed by atoms with Crippen LogP contribution in [0, 0.1) is 5.92 Å². The van der Waals surface area contributed by atoms with Crippen LogP contribution in [0.2, 0.25) is 5.02 Å². The number of amides is 1. The molecule has 3 rings (SSSR count). The van der Waals surface area contributed by atoms with Crippen molar-refractivity contribution in [3.63, 3.8) is 0 Å². The van der Waals surface area contributed by atoms with E-state index in [2.05, 4.69) is 23.3 Å². The Balaban J connectivity index is 1.63. The fourth-order valence-corrected chi connectivity index (χ4v) is 4.52. The summed E-state index contributed by atoms with van der Waals surface area (Å²) in [4.78, 5) is 25.1. The maximum Gasteiger partial charge on any atom is 0.422 e. The van der Waals surface area contributed by atoms with E-state index in [1.807, 2.05) is 30.3 Å². The average Bonchev–Trinajstić information content (AvgIpc) is 2.80. The average molecular weight is 460 g/mol. The van der Waals surface area contributed by atoms with Gasteiger partial charge in [0.05, 0.1) is 6.04 Å². The van der Waals surface area contributed by atoms with Crippen molar-refractivity contribution < 1.29 is 19.4 Å². The number of hydrogen-bond acceptors (Lipinski definition) is 5. The third kappa shape index (κ3) is 6.00. The molecule has 1 heterocycles. The molecule has 0 saturated carbocycles. The van der Waals surface area contributed by atoms with E-state index in [1.165, 1.54) is 0 Å². The molecular formula is C24H30ClN3O4. The van der Waals surface area contributed by atoms with E-state index in [1.54, 1.807) is 19.2 Å². The molecule has 1 fully saturated rings. The van der Waals surface area contributed by atoms with Crippen molar-refractivity contribution in [2.75, 3.05) is 20.1 Å². The van der Waals surface area contributed by atoms with Gasteiger partial charge in [0, 0.05) is 24.5 Å². The summed E-state index contributed by atoms with van der Waals surface area (Å²) in [5.41, 5.74) is 3.87. The minimum atomic E-state index is -1.06. The van der Waals surface area contributed by atoms with Crippen LogP contribution in [0.15, 0.2) is 48.5 Å². The molecule has 2 unspecified atom stereocenters. The van der Waals surface area contributed by atoms with Crippen LogP contribution >= 0.6 is 11.6 Å². The molecule has 1 aliphatic rings. The van der Waals surface area contributed by atoms with Crippen molar-refractivity contribution in [2.45, 2.75) is 38.3 Å². The normalized spacial score (nSPS) is 16.8. The summed E-state index contributed by atoms with van der Waals surface area (Å²) in [5, 5.41) is 11.3. The number of nitrogens with zero attached hydrogens (tertiary/aromatic N) is 2. The second-order valence-electron chi connectivity index (χ2n) is 8.02. The Kier molecular flexibility index (Phi) is 8.50. The molecule has 2 atom stereocenters. The number of nitrogens with one attached hydrogen (secondary N) is 1. The smallest absolute Gasteiger partial charge is 0.422 e. The lowest BCUT2D eigenvalue weighted by molar-refractivity contribution is -0.109. The molecule has 2 aromatic rings. The van der Waals surface area contributed by atoms with Crippen molar-refractivity contribution in [3.8, 4) is 11.5 Å². The first-order valence-corrected chi connectivity index (χ1v) is 11.2. The zero-order valence-electron chi connectivity index (χ0n) is 18.4. The number of rotatable bonds is 9. The zero-order chi connectivity index (χ0) is 23.1. The first-order valence-electron chi connectivity index (χ1n) is 10.8. The standard InChI is InChI=1S/C24H30ClN3O4/c1-17(19-4-3-5-22(16-19)32-21-8-6-20(25)7-9-21)27-13-10-18(11-14-27)23(12-15-29)28(26-2)24(30)31/h3-9,15-18,23,26H,10-14H2,1-2H3,(H,30,31). The molecule has 0 aliphatic carbocycles. The van der Waals surface area contributed by atoms with Crippen LogP contribution in [0.3, 0.4) is 0 Å². The number of piperidine rings is 1. The fourth-order valence-electron chi connectivity index (χ4n) is 4.39. The van der Waals surface area contributed by atoms with Gasteiger partial charge in [-0.15, -0.1) is 0 Å². The van der Waals surface area contributed by atoms with Gasteiger partial charge >= 0.3 is 6.09 Å². The largest absolute Gasteiger partial charge is 0.464 e. The van der Waals surface area contributed by atoms with Crippen molar-refractivity contribution in [1.29, 1.82) is 0 Å². The van der Waals surface area contributed by atoms with E-state index in [0.29, 0.717) is 5.02 Å². The zero-order valence-corrected chi connectivity index (χ0v) is 19.2. The van der Waals surface area contributed by atoms with Crippen LogP contribution in [0.25, 0.3) is 0 Å². The van der Waals surface area contributed by atoms with Crippen LogP contribution in [-0.2, 0) is 4.79 Å². The van der Waals surface area contributed by atoms with Gasteiger partial charge in [0.25, 0.3) is 0 Å². The third-order valence-corrected chi connectivity index (χ3v) is 6.42. The number of carbonyl (C=O) groups is 2. The fraction of sp³-hybridized carbons (Fsp3) is 0.417. The summed E-state index contributed by atoms with van der Waals surface area (Å²) in [7, 11) is 1.57. The summed E-state index contributed by atoms with van der Waals surface area (Å²) < 4.78 is 5.97. The lowest BCUT2D eigenvalue weighted by atomic mass is 9.86. The molecule has 2 aromatic carbocycles. The minimum Gasteiger partial charge on any atom is -0.464 e. The lowest BCUT2D eigenvalue weighted by Gasteiger charge is -2.41. The Morgan fingerprint density at radius 2 is 1.94 bits per heavy atom. The second kappa shape index (κ2) is 11.3. The van der Waals surface area contributed by atoms with Gasteiger partial charge in [-0.3, -0.25) is 4.90 Å². The molecule has 0 spiro atoms. The van der Waals surface area contributed by atoms with Crippen LogP contribution in [0.1, 0.15) is 37.8 Å². The number of hydrazine groups is 1. The van der Waals surface area contributed by atoms with E-state index in [4.69, 9.17) is 16.3 Å². The van der Waals surface area contributed by atoms with Crippen molar-refractivity contribution in [3.05, 3.63) is 59.1 Å². The van der Waals surface area contributed by atoms with Gasteiger partial charge in [0.1, 0.15) is 17.8 Å². The topological polar surface area (TPSA) is 82.1 Å². The van der Waals surface area contributed by atoms with E-state index in [0.717, 1.165) is 54.3 Å². The summed E-state index contributed by atoms with van der Waals surface area (Å²) in [6.07, 6.45) is 1.59. The molecule has 7 nitrogen and oxygen atoms in total. The summed E-state index contributed by atoms with van der Waals surface area (Å²) in [6.45, 7) is 3.84. The number of hydrogen-bond donors (Lipinski definition) is 2. The van der Waals surface area contributed by atoms with E-state index >= 15 is 0 Å². The first-order chi connectivity index (χ1) is 15.4. The van der Waals surface area contributed by atoms with Crippen LogP contribution in [0.4, 0.5) is 4.79 Å². The highest BCUT2D eigenvalue weighted by molar-refractivity contribution is 6.30. The van der Waals surface area contributed by atoms with E-state index in [-0.39, 0.29) is 24.4 Å². The Morgan fingerprint density at radius 3 is 2.53 bits per heavy atom. The van der Waals surface area contributed by atoms with E-state index in [9.17, 15) is 14.7 Å². The molecule has 1 aliphatic heterocycles. The van der Waals surface area contributed by atoms with Crippen LogP contribution < -0.4 is 10.2 Å². The Labute approximate surface area is 193 Å². The molecule has 1 amide bonds. The molecule has 1 saturated heterocycles. The third-order valence-electron chi connectivity index (χ3n) is 6.17. The Hall–Kier alpha value is -2.61. The summed E-state index contributed by atoms with van der Waals surface area (Å²) in [5.74, 6) is 1.63. The number of carbonyl (C=O) groups excluding carboxylic acids is 1. The second-order valence-corrected chi connectivity index (χ2v) is 8.46. The van der Waals surface area contributed by atoms with Crippen LogP contribution in [-0.4, -0.2) is 53.6 Å². The molecule has 172 valence electrons. The maximum absolute atomic E-state index is 11.5. The summed E-state index contributed by atoms with van der Waals surface area (Å²) in [6, 6.07) is 15.2. The molecule has 0 bridgehead atoms. The maximum atomic E-state index is 11.5. The molecule has 2 N–H and O–H groups in total. The molecule has 32 heavy (non-hydrogen) atoms. The quantitative estimate of drug-likeness (QED) is 0.406. The van der Waals surface area contributed by atoms with Gasteiger partial charge in [0.15, 0.2) is 0 Å². The minimum absolute atomic E-state index is 0.131. The number of benzene rings is 2. The van der Waals surface area contributed by atoms with Gasteiger partial charge < -0.3 is 14.6 Å². The molecule has 0 radical (unpaired) electrons. The number of aldehydes is 1. The predicted molar refractivity (Wildman–Crippen MR) is 124 cm³/mol. The van der Waals surface area contributed by atoms with E-state index < -0.39 is 6.09 Å². The Morgan fingerprint density at radius 1 is 1.25 bits per heavy atom. The number of carboxylic acid groups (broad SMARTS) is 1. The number of ether oxygens (including phenoxy) is 1. The van der Waals surface area contributed by atoms with Gasteiger partial charge in [-0.2, -0.15) is 0 Å². The molecular weight excluding hydrogens is 430 g/mol. The lowest BCUT2D eigenvalue weighted by Crippen LogP contribution is -2.52. The highest BCUT2D eigenvalue weighted by Gasteiger charge is 2.33. The first kappa shape index (κ1) is 24.0.